The third-order valence-corrected chi connectivity index (χ3v) is 3.75. The van der Waals surface area contributed by atoms with Gasteiger partial charge in [0.05, 0.1) is 19.4 Å². The maximum absolute atomic E-state index is 11.9. The summed E-state index contributed by atoms with van der Waals surface area (Å²) in [6.07, 6.45) is 5.83. The van der Waals surface area contributed by atoms with Crippen molar-refractivity contribution in [3.8, 4) is 5.75 Å². The molecule has 25 heavy (non-hydrogen) atoms. The van der Waals surface area contributed by atoms with Gasteiger partial charge in [-0.05, 0) is 23.3 Å². The first-order valence-corrected chi connectivity index (χ1v) is 8.28. The van der Waals surface area contributed by atoms with Gasteiger partial charge in [0.15, 0.2) is 0 Å². The summed E-state index contributed by atoms with van der Waals surface area (Å²) >= 11 is 0. The molecule has 2 aromatic carbocycles. The van der Waals surface area contributed by atoms with E-state index < -0.39 is 0 Å². The second-order valence-corrected chi connectivity index (χ2v) is 5.74. The lowest BCUT2D eigenvalue weighted by Gasteiger charge is -2.09. The third-order valence-electron chi connectivity index (χ3n) is 3.75. The Morgan fingerprint density at radius 1 is 1.08 bits per heavy atom. The molecule has 0 aliphatic carbocycles. The summed E-state index contributed by atoms with van der Waals surface area (Å²) < 4.78 is 7.55. The molecule has 1 aromatic heterocycles. The van der Waals surface area contributed by atoms with Crippen molar-refractivity contribution < 1.29 is 9.53 Å². The zero-order valence-corrected chi connectivity index (χ0v) is 14.0. The van der Waals surface area contributed by atoms with Crippen LogP contribution >= 0.6 is 0 Å². The van der Waals surface area contributed by atoms with E-state index in [-0.39, 0.29) is 5.91 Å². The molecule has 1 N–H and O–H groups in total. The lowest BCUT2D eigenvalue weighted by atomic mass is 10.1. The fourth-order valence-corrected chi connectivity index (χ4v) is 2.50. The van der Waals surface area contributed by atoms with E-state index in [9.17, 15) is 4.79 Å². The molecule has 0 bridgehead atoms. The van der Waals surface area contributed by atoms with Crippen molar-refractivity contribution in [2.24, 2.45) is 0 Å². The van der Waals surface area contributed by atoms with Crippen molar-refractivity contribution in [2.45, 2.75) is 19.5 Å². The Labute approximate surface area is 147 Å². The highest BCUT2D eigenvalue weighted by molar-refractivity contribution is 5.76. The molecule has 0 saturated heterocycles. The van der Waals surface area contributed by atoms with Gasteiger partial charge in [-0.2, -0.15) is 0 Å². The van der Waals surface area contributed by atoms with Gasteiger partial charge in [0, 0.05) is 25.5 Å². The molecule has 5 heteroatoms. The number of imidazole rings is 1. The van der Waals surface area contributed by atoms with E-state index in [1.807, 2.05) is 53.2 Å². The second kappa shape index (κ2) is 8.68. The number of amides is 1. The molecule has 0 saturated carbocycles. The summed E-state index contributed by atoms with van der Waals surface area (Å²) in [5, 5.41) is 2.93. The van der Waals surface area contributed by atoms with Crippen LogP contribution in [0.25, 0.3) is 0 Å². The molecule has 3 rings (SSSR count). The maximum atomic E-state index is 11.9. The van der Waals surface area contributed by atoms with Crippen LogP contribution in [0.15, 0.2) is 73.3 Å². The molecule has 128 valence electrons. The molecule has 0 aliphatic rings. The minimum absolute atomic E-state index is 0.0176. The SMILES string of the molecule is O=C(CCOc1ccccc1)NCc1cccc(Cn2ccnc2)c1. The minimum atomic E-state index is -0.0176. The Bertz CT molecular complexity index is 786. The van der Waals surface area contributed by atoms with Crippen molar-refractivity contribution in [3.05, 3.63) is 84.4 Å². The summed E-state index contributed by atoms with van der Waals surface area (Å²) in [5.41, 5.74) is 2.26. The van der Waals surface area contributed by atoms with Crippen LogP contribution in [0.4, 0.5) is 0 Å². The number of carbonyl (C=O) groups excluding carboxylic acids is 1. The van der Waals surface area contributed by atoms with Crippen LogP contribution in [0.3, 0.4) is 0 Å². The van der Waals surface area contributed by atoms with Crippen LogP contribution < -0.4 is 10.1 Å². The van der Waals surface area contributed by atoms with Gasteiger partial charge in [0.25, 0.3) is 0 Å². The number of para-hydroxylation sites is 1. The number of benzene rings is 2. The standard InChI is InChI=1S/C20H21N3O2/c24-20(9-12-25-19-7-2-1-3-8-19)22-14-17-5-4-6-18(13-17)15-23-11-10-21-16-23/h1-8,10-11,13,16H,9,12,14-15H2,(H,22,24). The van der Waals surface area contributed by atoms with Crippen LogP contribution in [0, 0.1) is 0 Å². The highest BCUT2D eigenvalue weighted by Gasteiger charge is 2.03. The number of aromatic nitrogens is 2. The molecule has 3 aromatic rings. The van der Waals surface area contributed by atoms with E-state index in [4.69, 9.17) is 4.74 Å². The third kappa shape index (κ3) is 5.49. The van der Waals surface area contributed by atoms with Crippen molar-refractivity contribution in [2.75, 3.05) is 6.61 Å². The number of carbonyl (C=O) groups is 1. The van der Waals surface area contributed by atoms with E-state index in [1.54, 1.807) is 12.5 Å². The minimum Gasteiger partial charge on any atom is -0.493 e. The molecule has 0 aliphatic heterocycles. The smallest absolute Gasteiger partial charge is 0.223 e. The first kappa shape index (κ1) is 16.8. The topological polar surface area (TPSA) is 56.1 Å². The van der Waals surface area contributed by atoms with E-state index >= 15 is 0 Å². The predicted octanol–water partition coefficient (Wildman–Crippen LogP) is 3.02. The van der Waals surface area contributed by atoms with Crippen LogP contribution in [-0.2, 0) is 17.9 Å². The van der Waals surface area contributed by atoms with Crippen molar-refractivity contribution in [1.29, 1.82) is 0 Å². The molecule has 1 amide bonds. The van der Waals surface area contributed by atoms with Gasteiger partial charge in [0.1, 0.15) is 5.75 Å². The summed E-state index contributed by atoms with van der Waals surface area (Å²) in [7, 11) is 0. The maximum Gasteiger partial charge on any atom is 0.223 e. The molecular formula is C20H21N3O2. The van der Waals surface area contributed by atoms with Gasteiger partial charge in [0.2, 0.25) is 5.91 Å². The zero-order chi connectivity index (χ0) is 17.3. The lowest BCUT2D eigenvalue weighted by Crippen LogP contribution is -2.24. The zero-order valence-electron chi connectivity index (χ0n) is 14.0. The van der Waals surface area contributed by atoms with E-state index in [2.05, 4.69) is 22.4 Å². The summed E-state index contributed by atoms with van der Waals surface area (Å²) in [6.45, 7) is 1.66. The Morgan fingerprint density at radius 3 is 2.72 bits per heavy atom. The van der Waals surface area contributed by atoms with E-state index in [0.29, 0.717) is 19.6 Å². The normalized spacial score (nSPS) is 10.4. The summed E-state index contributed by atoms with van der Waals surface area (Å²) in [6, 6.07) is 17.7. The van der Waals surface area contributed by atoms with E-state index in [1.165, 1.54) is 5.56 Å². The number of nitrogens with zero attached hydrogens (tertiary/aromatic N) is 2. The van der Waals surface area contributed by atoms with Crippen LogP contribution in [0.2, 0.25) is 0 Å². The Kier molecular flexibility index (Phi) is 5.82. The molecule has 0 radical (unpaired) electrons. The van der Waals surface area contributed by atoms with Gasteiger partial charge >= 0.3 is 0 Å². The van der Waals surface area contributed by atoms with E-state index in [0.717, 1.165) is 17.9 Å². The Morgan fingerprint density at radius 2 is 1.92 bits per heavy atom. The first-order chi connectivity index (χ1) is 12.3. The second-order valence-electron chi connectivity index (χ2n) is 5.74. The Balaban J connectivity index is 1.42. The lowest BCUT2D eigenvalue weighted by molar-refractivity contribution is -0.121. The molecule has 0 atom stereocenters. The summed E-state index contributed by atoms with van der Waals surface area (Å²) in [4.78, 5) is 16.0. The number of ether oxygens (including phenoxy) is 1. The molecule has 1 heterocycles. The van der Waals surface area contributed by atoms with Gasteiger partial charge in [-0.15, -0.1) is 0 Å². The van der Waals surface area contributed by atoms with Crippen molar-refractivity contribution in [1.82, 2.24) is 14.9 Å². The monoisotopic (exact) mass is 335 g/mol. The van der Waals surface area contributed by atoms with Gasteiger partial charge in [-0.25, -0.2) is 4.98 Å². The van der Waals surface area contributed by atoms with Crippen LogP contribution in [0.1, 0.15) is 17.5 Å². The van der Waals surface area contributed by atoms with Gasteiger partial charge in [-0.1, -0.05) is 42.5 Å². The number of rotatable bonds is 8. The first-order valence-electron chi connectivity index (χ1n) is 8.28. The quantitative estimate of drug-likeness (QED) is 0.688. The largest absolute Gasteiger partial charge is 0.493 e. The predicted molar refractivity (Wildman–Crippen MR) is 96.2 cm³/mol. The average Bonchev–Trinajstić information content (AvgIpc) is 3.14. The van der Waals surface area contributed by atoms with Crippen molar-refractivity contribution >= 4 is 5.91 Å². The number of hydrogen-bond donors (Lipinski definition) is 1. The molecule has 0 unspecified atom stereocenters. The highest BCUT2D eigenvalue weighted by atomic mass is 16.5. The molecule has 0 spiro atoms. The highest BCUT2D eigenvalue weighted by Crippen LogP contribution is 2.09. The van der Waals surface area contributed by atoms with Gasteiger partial charge in [-0.3, -0.25) is 4.79 Å². The number of hydrogen-bond acceptors (Lipinski definition) is 3. The number of nitrogens with one attached hydrogen (secondary N) is 1. The van der Waals surface area contributed by atoms with Crippen LogP contribution in [-0.4, -0.2) is 22.1 Å². The molecule has 5 nitrogen and oxygen atoms in total. The van der Waals surface area contributed by atoms with Crippen LogP contribution in [0.5, 0.6) is 5.75 Å². The van der Waals surface area contributed by atoms with Crippen molar-refractivity contribution in [3.63, 3.8) is 0 Å². The summed E-state index contributed by atoms with van der Waals surface area (Å²) in [5.74, 6) is 0.762. The average molecular weight is 335 g/mol. The molecular weight excluding hydrogens is 314 g/mol. The fourth-order valence-electron chi connectivity index (χ4n) is 2.50. The molecule has 0 fully saturated rings. The fraction of sp³-hybridized carbons (Fsp3) is 0.200. The Hall–Kier alpha value is -3.08. The van der Waals surface area contributed by atoms with Gasteiger partial charge < -0.3 is 14.6 Å².